The predicted octanol–water partition coefficient (Wildman–Crippen LogP) is 1.75. The summed E-state index contributed by atoms with van der Waals surface area (Å²) >= 11 is 0. The van der Waals surface area contributed by atoms with Crippen LogP contribution in [0.2, 0.25) is 0 Å². The number of nitrogen functional groups attached to an aromatic ring is 1. The molecule has 0 aliphatic rings. The Bertz CT molecular complexity index is 552. The number of phenolic OH excluding ortho intramolecular Hbond substituents is 2. The van der Waals surface area contributed by atoms with E-state index in [1.54, 1.807) is 0 Å². The van der Waals surface area contributed by atoms with Crippen molar-refractivity contribution in [2.45, 2.75) is 19.8 Å². The minimum Gasteiger partial charge on any atom is -0.504 e. The van der Waals surface area contributed by atoms with Crippen LogP contribution in [0.4, 0.5) is 5.82 Å². The van der Waals surface area contributed by atoms with Gasteiger partial charge in [0.25, 0.3) is 0 Å². The highest BCUT2D eigenvalue weighted by Gasteiger charge is 2.11. The average Bonchev–Trinajstić information content (AvgIpc) is 2.20. The molecule has 5 heteroatoms. The lowest BCUT2D eigenvalue weighted by molar-refractivity contribution is 0.405. The largest absolute Gasteiger partial charge is 0.504 e. The van der Waals surface area contributed by atoms with Gasteiger partial charge in [-0.25, -0.2) is 9.97 Å². The molecule has 0 atom stereocenters. The van der Waals surface area contributed by atoms with Gasteiger partial charge in [0.05, 0.1) is 5.52 Å². The zero-order chi connectivity index (χ0) is 11.9. The van der Waals surface area contributed by atoms with Gasteiger partial charge in [0, 0.05) is 17.4 Å². The number of aromatic nitrogens is 2. The van der Waals surface area contributed by atoms with E-state index in [-0.39, 0.29) is 17.4 Å². The van der Waals surface area contributed by atoms with Gasteiger partial charge in [-0.05, 0) is 6.07 Å². The third kappa shape index (κ3) is 1.60. The maximum atomic E-state index is 9.39. The number of hydrogen-bond acceptors (Lipinski definition) is 5. The van der Waals surface area contributed by atoms with Crippen LogP contribution < -0.4 is 5.73 Å². The molecule has 1 aromatic heterocycles. The van der Waals surface area contributed by atoms with Crippen LogP contribution in [0.25, 0.3) is 10.9 Å². The second-order valence-electron chi connectivity index (χ2n) is 3.98. The molecule has 0 aliphatic heterocycles. The second-order valence-corrected chi connectivity index (χ2v) is 3.98. The molecule has 0 bridgehead atoms. The van der Waals surface area contributed by atoms with Crippen molar-refractivity contribution in [2.24, 2.45) is 0 Å². The SMILES string of the molecule is CC(C)c1nc(N)c2cc(O)c(O)cc2n1. The van der Waals surface area contributed by atoms with E-state index in [1.807, 2.05) is 13.8 Å². The third-order valence-corrected chi connectivity index (χ3v) is 2.36. The van der Waals surface area contributed by atoms with Crippen molar-refractivity contribution in [1.82, 2.24) is 9.97 Å². The first-order valence-electron chi connectivity index (χ1n) is 4.98. The molecular weight excluding hydrogens is 206 g/mol. The van der Waals surface area contributed by atoms with E-state index in [0.29, 0.717) is 22.5 Å². The van der Waals surface area contributed by atoms with Gasteiger partial charge >= 0.3 is 0 Å². The molecule has 5 nitrogen and oxygen atoms in total. The summed E-state index contributed by atoms with van der Waals surface area (Å²) in [4.78, 5) is 8.42. The minimum atomic E-state index is -0.222. The molecule has 0 unspecified atom stereocenters. The first-order valence-corrected chi connectivity index (χ1v) is 4.98. The standard InChI is InChI=1S/C11H13N3O2/c1-5(2)11-13-7-4-9(16)8(15)3-6(7)10(12)14-11/h3-5,15-16H,1-2H3,(H2,12,13,14). The monoisotopic (exact) mass is 219 g/mol. The van der Waals surface area contributed by atoms with Crippen LogP contribution in [0.1, 0.15) is 25.6 Å². The summed E-state index contributed by atoms with van der Waals surface area (Å²) in [5.74, 6) is 0.655. The molecule has 84 valence electrons. The number of hydrogen-bond donors (Lipinski definition) is 3. The van der Waals surface area contributed by atoms with Crippen molar-refractivity contribution in [1.29, 1.82) is 0 Å². The zero-order valence-electron chi connectivity index (χ0n) is 9.10. The van der Waals surface area contributed by atoms with E-state index in [1.165, 1.54) is 12.1 Å². The van der Waals surface area contributed by atoms with Crippen LogP contribution in [0, 0.1) is 0 Å². The maximum Gasteiger partial charge on any atom is 0.159 e. The Kier molecular flexibility index (Phi) is 2.30. The van der Waals surface area contributed by atoms with Crippen molar-refractivity contribution in [3.63, 3.8) is 0 Å². The van der Waals surface area contributed by atoms with Crippen molar-refractivity contribution in [2.75, 3.05) is 5.73 Å². The summed E-state index contributed by atoms with van der Waals surface area (Å²) in [6.07, 6.45) is 0. The fourth-order valence-electron chi connectivity index (χ4n) is 1.45. The van der Waals surface area contributed by atoms with Gasteiger partial charge in [0.15, 0.2) is 11.5 Å². The smallest absolute Gasteiger partial charge is 0.159 e. The Morgan fingerprint density at radius 3 is 2.38 bits per heavy atom. The van der Waals surface area contributed by atoms with Crippen molar-refractivity contribution in [3.05, 3.63) is 18.0 Å². The summed E-state index contributed by atoms with van der Waals surface area (Å²) in [6, 6.07) is 2.75. The van der Waals surface area contributed by atoms with Gasteiger partial charge in [-0.2, -0.15) is 0 Å². The van der Waals surface area contributed by atoms with Crippen LogP contribution in [0.15, 0.2) is 12.1 Å². The highest BCUT2D eigenvalue weighted by atomic mass is 16.3. The summed E-state index contributed by atoms with van der Waals surface area (Å²) in [7, 11) is 0. The lowest BCUT2D eigenvalue weighted by atomic mass is 10.1. The average molecular weight is 219 g/mol. The predicted molar refractivity (Wildman–Crippen MR) is 61.4 cm³/mol. The minimum absolute atomic E-state index is 0.155. The Morgan fingerprint density at radius 2 is 1.75 bits per heavy atom. The Hall–Kier alpha value is -2.04. The molecule has 0 fully saturated rings. The van der Waals surface area contributed by atoms with Crippen molar-refractivity contribution < 1.29 is 10.2 Å². The highest BCUT2D eigenvalue weighted by molar-refractivity contribution is 5.90. The van der Waals surface area contributed by atoms with E-state index < -0.39 is 0 Å². The summed E-state index contributed by atoms with van der Waals surface area (Å²) in [5, 5.41) is 19.3. The van der Waals surface area contributed by atoms with E-state index >= 15 is 0 Å². The quantitative estimate of drug-likeness (QED) is 0.635. The van der Waals surface area contributed by atoms with Crippen LogP contribution in [0.5, 0.6) is 11.5 Å². The van der Waals surface area contributed by atoms with Crippen LogP contribution in [0.3, 0.4) is 0 Å². The van der Waals surface area contributed by atoms with Crippen LogP contribution >= 0.6 is 0 Å². The summed E-state index contributed by atoms with van der Waals surface area (Å²) < 4.78 is 0. The fourth-order valence-corrected chi connectivity index (χ4v) is 1.45. The van der Waals surface area contributed by atoms with Crippen molar-refractivity contribution >= 4 is 16.7 Å². The van der Waals surface area contributed by atoms with Crippen LogP contribution in [-0.4, -0.2) is 20.2 Å². The van der Waals surface area contributed by atoms with Crippen LogP contribution in [-0.2, 0) is 0 Å². The molecule has 2 rings (SSSR count). The number of nitrogens with zero attached hydrogens (tertiary/aromatic N) is 2. The molecule has 16 heavy (non-hydrogen) atoms. The molecule has 2 aromatic rings. The molecule has 0 saturated carbocycles. The van der Waals surface area contributed by atoms with E-state index in [9.17, 15) is 10.2 Å². The first kappa shape index (κ1) is 10.5. The molecule has 0 saturated heterocycles. The maximum absolute atomic E-state index is 9.39. The Morgan fingerprint density at radius 1 is 1.12 bits per heavy atom. The molecule has 4 N–H and O–H groups in total. The second kappa shape index (κ2) is 3.52. The summed E-state index contributed by atoms with van der Waals surface area (Å²) in [5.41, 5.74) is 6.30. The van der Waals surface area contributed by atoms with Gasteiger partial charge in [0.1, 0.15) is 11.6 Å². The zero-order valence-corrected chi connectivity index (χ0v) is 9.10. The molecule has 0 spiro atoms. The lowest BCUT2D eigenvalue weighted by Gasteiger charge is -2.08. The fraction of sp³-hybridized carbons (Fsp3) is 0.273. The van der Waals surface area contributed by atoms with Gasteiger partial charge in [-0.15, -0.1) is 0 Å². The molecule has 0 radical (unpaired) electrons. The molecular formula is C11H13N3O2. The van der Waals surface area contributed by atoms with E-state index in [4.69, 9.17) is 5.73 Å². The summed E-state index contributed by atoms with van der Waals surface area (Å²) in [6.45, 7) is 3.92. The number of nitrogens with two attached hydrogens (primary N) is 1. The number of aromatic hydroxyl groups is 2. The van der Waals surface area contributed by atoms with Gasteiger partial charge in [-0.1, -0.05) is 13.8 Å². The van der Waals surface area contributed by atoms with Gasteiger partial charge in [-0.3, -0.25) is 0 Å². The molecule has 0 amide bonds. The Labute approximate surface area is 92.6 Å². The lowest BCUT2D eigenvalue weighted by Crippen LogP contribution is -2.02. The highest BCUT2D eigenvalue weighted by Crippen LogP contribution is 2.31. The first-order chi connectivity index (χ1) is 7.49. The van der Waals surface area contributed by atoms with E-state index in [0.717, 1.165) is 0 Å². The normalized spacial score (nSPS) is 11.2. The van der Waals surface area contributed by atoms with E-state index in [2.05, 4.69) is 9.97 Å². The molecule has 1 aromatic carbocycles. The number of rotatable bonds is 1. The van der Waals surface area contributed by atoms with Crippen molar-refractivity contribution in [3.8, 4) is 11.5 Å². The Balaban J connectivity index is 2.77. The number of phenols is 2. The van der Waals surface area contributed by atoms with Gasteiger partial charge < -0.3 is 15.9 Å². The topological polar surface area (TPSA) is 92.3 Å². The molecule has 1 heterocycles. The number of benzene rings is 1. The molecule has 0 aliphatic carbocycles. The number of anilines is 1. The third-order valence-electron chi connectivity index (χ3n) is 2.36. The number of fused-ring (bicyclic) bond motifs is 1. The van der Waals surface area contributed by atoms with Gasteiger partial charge in [0.2, 0.25) is 0 Å².